The van der Waals surface area contributed by atoms with Gasteiger partial charge in [-0.05, 0) is 57.4 Å². The number of hydrogen-bond donors (Lipinski definition) is 0. The molecule has 84 valence electrons. The van der Waals surface area contributed by atoms with Crippen LogP contribution in [0, 0.1) is 3.57 Å². The summed E-state index contributed by atoms with van der Waals surface area (Å²) in [6.45, 7) is 0. The highest BCUT2D eigenvalue weighted by Crippen LogP contribution is 2.36. The summed E-state index contributed by atoms with van der Waals surface area (Å²) in [5.74, 6) is 0. The SMILES string of the molecule is Brc1ccnc2c1c(I)cn2C1CCCC1. The number of fused-ring (bicyclic) bond motifs is 1. The molecule has 0 bridgehead atoms. The third kappa shape index (κ3) is 1.70. The van der Waals surface area contributed by atoms with E-state index in [1.54, 1.807) is 0 Å². The first-order valence-electron chi connectivity index (χ1n) is 5.58. The summed E-state index contributed by atoms with van der Waals surface area (Å²) in [4.78, 5) is 4.54. The van der Waals surface area contributed by atoms with Crippen LogP contribution in [0.15, 0.2) is 22.9 Å². The fourth-order valence-electron chi connectivity index (χ4n) is 2.55. The molecular weight excluding hydrogens is 379 g/mol. The molecule has 0 spiro atoms. The van der Waals surface area contributed by atoms with Crippen LogP contribution in [0.4, 0.5) is 0 Å². The van der Waals surface area contributed by atoms with Crippen molar-refractivity contribution in [3.8, 4) is 0 Å². The number of pyridine rings is 1. The van der Waals surface area contributed by atoms with Gasteiger partial charge in [-0.2, -0.15) is 0 Å². The average Bonchev–Trinajstić information content (AvgIpc) is 2.86. The van der Waals surface area contributed by atoms with Crippen molar-refractivity contribution in [1.82, 2.24) is 9.55 Å². The van der Waals surface area contributed by atoms with E-state index in [0.29, 0.717) is 6.04 Å². The summed E-state index contributed by atoms with van der Waals surface area (Å²) >= 11 is 6.01. The quantitative estimate of drug-likeness (QED) is 0.654. The van der Waals surface area contributed by atoms with Gasteiger partial charge in [-0.25, -0.2) is 4.98 Å². The van der Waals surface area contributed by atoms with E-state index in [1.165, 1.54) is 34.6 Å². The third-order valence-corrected chi connectivity index (χ3v) is 4.81. The van der Waals surface area contributed by atoms with Gasteiger partial charge in [0.15, 0.2) is 0 Å². The molecule has 1 aliphatic carbocycles. The highest BCUT2D eigenvalue weighted by Gasteiger charge is 2.20. The predicted molar refractivity (Wildman–Crippen MR) is 77.7 cm³/mol. The smallest absolute Gasteiger partial charge is 0.142 e. The van der Waals surface area contributed by atoms with Gasteiger partial charge in [-0.15, -0.1) is 0 Å². The topological polar surface area (TPSA) is 17.8 Å². The second kappa shape index (κ2) is 4.29. The minimum Gasteiger partial charge on any atom is -0.328 e. The lowest BCUT2D eigenvalue weighted by Gasteiger charge is -2.12. The first kappa shape index (κ1) is 11.0. The van der Waals surface area contributed by atoms with E-state index in [-0.39, 0.29) is 0 Å². The Morgan fingerprint density at radius 1 is 1.38 bits per heavy atom. The Morgan fingerprint density at radius 2 is 2.12 bits per heavy atom. The van der Waals surface area contributed by atoms with Gasteiger partial charge in [0.25, 0.3) is 0 Å². The first-order chi connectivity index (χ1) is 7.77. The van der Waals surface area contributed by atoms with E-state index in [4.69, 9.17) is 0 Å². The molecule has 1 fully saturated rings. The molecule has 0 saturated heterocycles. The zero-order chi connectivity index (χ0) is 11.1. The van der Waals surface area contributed by atoms with Crippen molar-refractivity contribution >= 4 is 49.6 Å². The maximum atomic E-state index is 4.54. The van der Waals surface area contributed by atoms with Gasteiger partial charge < -0.3 is 4.57 Å². The Bertz CT molecular complexity index is 529. The van der Waals surface area contributed by atoms with Crippen LogP contribution in [0.5, 0.6) is 0 Å². The lowest BCUT2D eigenvalue weighted by atomic mass is 10.2. The molecule has 2 nitrogen and oxygen atoms in total. The van der Waals surface area contributed by atoms with Crippen molar-refractivity contribution < 1.29 is 0 Å². The van der Waals surface area contributed by atoms with E-state index >= 15 is 0 Å². The molecule has 0 atom stereocenters. The van der Waals surface area contributed by atoms with Gasteiger partial charge in [-0.1, -0.05) is 12.8 Å². The molecule has 4 heteroatoms. The lowest BCUT2D eigenvalue weighted by molar-refractivity contribution is 0.532. The maximum Gasteiger partial charge on any atom is 0.142 e. The van der Waals surface area contributed by atoms with Crippen LogP contribution < -0.4 is 0 Å². The summed E-state index contributed by atoms with van der Waals surface area (Å²) in [5.41, 5.74) is 1.13. The highest BCUT2D eigenvalue weighted by molar-refractivity contribution is 14.1. The van der Waals surface area contributed by atoms with E-state index in [9.17, 15) is 0 Å². The minimum absolute atomic E-state index is 0.660. The molecular formula is C12H12BrIN2. The number of nitrogens with zero attached hydrogens (tertiary/aromatic N) is 2. The van der Waals surface area contributed by atoms with E-state index < -0.39 is 0 Å². The summed E-state index contributed by atoms with van der Waals surface area (Å²) < 4.78 is 4.81. The van der Waals surface area contributed by atoms with Crippen molar-refractivity contribution in [2.24, 2.45) is 0 Å². The second-order valence-electron chi connectivity index (χ2n) is 4.31. The molecule has 2 aromatic heterocycles. The first-order valence-corrected chi connectivity index (χ1v) is 7.45. The molecule has 1 aliphatic rings. The van der Waals surface area contributed by atoms with Crippen LogP contribution >= 0.6 is 38.5 Å². The van der Waals surface area contributed by atoms with Gasteiger partial charge >= 0.3 is 0 Å². The average molecular weight is 391 g/mol. The van der Waals surface area contributed by atoms with Crippen molar-refractivity contribution in [2.45, 2.75) is 31.7 Å². The molecule has 0 N–H and O–H groups in total. The Labute approximate surface area is 117 Å². The van der Waals surface area contributed by atoms with Crippen molar-refractivity contribution in [2.75, 3.05) is 0 Å². The predicted octanol–water partition coefficient (Wildman–Crippen LogP) is 4.52. The van der Waals surface area contributed by atoms with Gasteiger partial charge in [-0.3, -0.25) is 0 Å². The molecule has 16 heavy (non-hydrogen) atoms. The molecule has 0 amide bonds. The normalized spacial score (nSPS) is 17.4. The molecule has 0 unspecified atom stereocenters. The van der Waals surface area contributed by atoms with E-state index in [0.717, 1.165) is 10.1 Å². The number of hydrogen-bond acceptors (Lipinski definition) is 1. The van der Waals surface area contributed by atoms with Crippen molar-refractivity contribution in [3.63, 3.8) is 0 Å². The van der Waals surface area contributed by atoms with Crippen LogP contribution in [0.2, 0.25) is 0 Å². The standard InChI is InChI=1S/C12H12BrIN2/c13-9-5-6-15-12-11(9)10(14)7-16(12)8-3-1-2-4-8/h5-8H,1-4H2. The minimum atomic E-state index is 0.660. The fraction of sp³-hybridized carbons (Fsp3) is 0.417. The van der Waals surface area contributed by atoms with Crippen LogP contribution in [0.3, 0.4) is 0 Å². The molecule has 2 aromatic rings. The number of halogens is 2. The summed E-state index contributed by atoms with van der Waals surface area (Å²) in [6.07, 6.45) is 9.44. The second-order valence-corrected chi connectivity index (χ2v) is 6.33. The third-order valence-electron chi connectivity index (χ3n) is 3.33. The van der Waals surface area contributed by atoms with E-state index in [1.807, 2.05) is 12.3 Å². The Kier molecular flexibility index (Phi) is 2.96. The van der Waals surface area contributed by atoms with Gasteiger partial charge in [0, 0.05) is 31.9 Å². The number of aromatic nitrogens is 2. The molecule has 0 aromatic carbocycles. The number of rotatable bonds is 1. The fourth-order valence-corrected chi connectivity index (χ4v) is 4.26. The summed E-state index contributed by atoms with van der Waals surface area (Å²) in [6, 6.07) is 2.68. The van der Waals surface area contributed by atoms with Gasteiger partial charge in [0.2, 0.25) is 0 Å². The van der Waals surface area contributed by atoms with Gasteiger partial charge in [0.05, 0.1) is 0 Å². The summed E-state index contributed by atoms with van der Waals surface area (Å²) in [5, 5.41) is 1.26. The Morgan fingerprint density at radius 3 is 2.88 bits per heavy atom. The van der Waals surface area contributed by atoms with Crippen molar-refractivity contribution in [1.29, 1.82) is 0 Å². The highest BCUT2D eigenvalue weighted by atomic mass is 127. The maximum absolute atomic E-state index is 4.54. The van der Waals surface area contributed by atoms with Crippen LogP contribution in [-0.4, -0.2) is 9.55 Å². The molecule has 0 radical (unpaired) electrons. The summed E-state index contributed by atoms with van der Waals surface area (Å²) in [7, 11) is 0. The van der Waals surface area contributed by atoms with Crippen LogP contribution in [-0.2, 0) is 0 Å². The zero-order valence-corrected chi connectivity index (χ0v) is 12.5. The van der Waals surface area contributed by atoms with E-state index in [2.05, 4.69) is 54.3 Å². The van der Waals surface area contributed by atoms with Gasteiger partial charge in [0.1, 0.15) is 5.65 Å². The molecule has 1 saturated carbocycles. The molecule has 3 rings (SSSR count). The molecule has 2 heterocycles. The zero-order valence-electron chi connectivity index (χ0n) is 8.79. The largest absolute Gasteiger partial charge is 0.328 e. The molecule has 0 aliphatic heterocycles. The lowest BCUT2D eigenvalue weighted by Crippen LogP contribution is -2.03. The van der Waals surface area contributed by atoms with Crippen LogP contribution in [0.1, 0.15) is 31.7 Å². The monoisotopic (exact) mass is 390 g/mol. The van der Waals surface area contributed by atoms with Crippen molar-refractivity contribution in [3.05, 3.63) is 26.5 Å². The van der Waals surface area contributed by atoms with Crippen LogP contribution in [0.25, 0.3) is 11.0 Å². The Hall–Kier alpha value is -0.100. The Balaban J connectivity index is 2.22.